The number of carboxylic acids is 1. The van der Waals surface area contributed by atoms with Crippen LogP contribution in [0.2, 0.25) is 5.02 Å². The zero-order valence-corrected chi connectivity index (χ0v) is 10.4. The number of fused-ring (bicyclic) bond motifs is 2. The van der Waals surface area contributed by atoms with Crippen LogP contribution in [0, 0.1) is 0 Å². The first-order chi connectivity index (χ1) is 9.15. The van der Waals surface area contributed by atoms with Crippen molar-refractivity contribution in [3.05, 3.63) is 52.5 Å². The van der Waals surface area contributed by atoms with Crippen LogP contribution < -0.4 is 4.74 Å². The van der Waals surface area contributed by atoms with E-state index in [1.165, 1.54) is 6.07 Å². The Labute approximate surface area is 113 Å². The summed E-state index contributed by atoms with van der Waals surface area (Å²) >= 11 is 5.91. The first-order valence-corrected chi connectivity index (χ1v) is 5.91. The van der Waals surface area contributed by atoms with E-state index >= 15 is 0 Å². The van der Waals surface area contributed by atoms with Crippen molar-refractivity contribution in [1.29, 1.82) is 0 Å². The van der Waals surface area contributed by atoms with Crippen molar-refractivity contribution in [2.75, 3.05) is 0 Å². The minimum Gasteiger partial charge on any atom is -0.478 e. The molecule has 19 heavy (non-hydrogen) atoms. The molecule has 2 aromatic rings. The Kier molecular flexibility index (Phi) is 2.72. The van der Waals surface area contributed by atoms with Crippen molar-refractivity contribution in [2.24, 2.45) is 4.99 Å². The molecule has 4 nitrogen and oxygen atoms in total. The van der Waals surface area contributed by atoms with E-state index in [0.29, 0.717) is 22.0 Å². The fraction of sp³-hybridized carbons (Fsp3) is 0. The standard InChI is InChI=1S/C14H8ClNO3/c15-9-4-5-12-8(6-9)7-16-11-3-1-2-10(14(17)18)13(11)19-12/h1-7H,(H,17,18). The van der Waals surface area contributed by atoms with Crippen LogP contribution in [0.15, 0.2) is 41.4 Å². The highest BCUT2D eigenvalue weighted by molar-refractivity contribution is 6.31. The van der Waals surface area contributed by atoms with Gasteiger partial charge in [-0.2, -0.15) is 0 Å². The van der Waals surface area contributed by atoms with Gasteiger partial charge in [-0.25, -0.2) is 4.79 Å². The summed E-state index contributed by atoms with van der Waals surface area (Å²) in [7, 11) is 0. The molecule has 3 rings (SSSR count). The number of rotatable bonds is 1. The molecular formula is C14H8ClNO3. The lowest BCUT2D eigenvalue weighted by Crippen LogP contribution is -2.00. The van der Waals surface area contributed by atoms with E-state index in [9.17, 15) is 9.90 Å². The molecule has 1 aliphatic heterocycles. The molecule has 0 saturated carbocycles. The summed E-state index contributed by atoms with van der Waals surface area (Å²) in [5.41, 5.74) is 1.27. The van der Waals surface area contributed by atoms with Gasteiger partial charge in [0.05, 0.1) is 0 Å². The van der Waals surface area contributed by atoms with Gasteiger partial charge in [0.1, 0.15) is 17.0 Å². The molecule has 0 fully saturated rings. The van der Waals surface area contributed by atoms with Gasteiger partial charge in [-0.3, -0.25) is 4.99 Å². The number of halogens is 1. The average Bonchev–Trinajstić information content (AvgIpc) is 2.57. The van der Waals surface area contributed by atoms with Crippen LogP contribution in [0.25, 0.3) is 0 Å². The van der Waals surface area contributed by atoms with Crippen LogP contribution >= 0.6 is 11.6 Å². The van der Waals surface area contributed by atoms with Crippen LogP contribution in [0.5, 0.6) is 11.5 Å². The van der Waals surface area contributed by atoms with Crippen molar-refractivity contribution in [3.63, 3.8) is 0 Å². The highest BCUT2D eigenvalue weighted by Gasteiger charge is 2.19. The van der Waals surface area contributed by atoms with Gasteiger partial charge < -0.3 is 9.84 Å². The van der Waals surface area contributed by atoms with Gasteiger partial charge in [-0.05, 0) is 30.3 Å². The molecule has 1 aliphatic rings. The Hall–Kier alpha value is -2.33. The predicted molar refractivity (Wildman–Crippen MR) is 72.2 cm³/mol. The number of aliphatic imine (C=N–C) groups is 1. The number of hydrogen-bond donors (Lipinski definition) is 1. The summed E-state index contributed by atoms with van der Waals surface area (Å²) in [6, 6.07) is 9.90. The van der Waals surface area contributed by atoms with E-state index in [4.69, 9.17) is 16.3 Å². The summed E-state index contributed by atoms with van der Waals surface area (Å²) in [5, 5.41) is 9.74. The molecular weight excluding hydrogens is 266 g/mol. The Balaban J connectivity index is 2.20. The number of hydrogen-bond acceptors (Lipinski definition) is 3. The van der Waals surface area contributed by atoms with E-state index in [1.807, 2.05) is 0 Å². The zero-order valence-electron chi connectivity index (χ0n) is 9.63. The predicted octanol–water partition coefficient (Wildman–Crippen LogP) is 3.89. The van der Waals surface area contributed by atoms with Crippen molar-refractivity contribution < 1.29 is 14.6 Å². The van der Waals surface area contributed by atoms with Crippen molar-refractivity contribution in [1.82, 2.24) is 0 Å². The van der Waals surface area contributed by atoms with Crippen LogP contribution in [0.3, 0.4) is 0 Å². The maximum atomic E-state index is 11.2. The summed E-state index contributed by atoms with van der Waals surface area (Å²) in [4.78, 5) is 15.4. The lowest BCUT2D eigenvalue weighted by molar-refractivity contribution is 0.0694. The average molecular weight is 274 g/mol. The maximum absolute atomic E-state index is 11.2. The molecule has 0 amide bonds. The zero-order chi connectivity index (χ0) is 13.4. The molecule has 1 heterocycles. The normalized spacial score (nSPS) is 12.1. The van der Waals surface area contributed by atoms with Gasteiger partial charge in [0, 0.05) is 16.8 Å². The molecule has 94 valence electrons. The Morgan fingerprint density at radius 1 is 1.26 bits per heavy atom. The Bertz CT molecular complexity index is 710. The molecule has 2 aromatic carbocycles. The number of carboxylic acid groups (broad SMARTS) is 1. The molecule has 0 bridgehead atoms. The number of benzene rings is 2. The number of carbonyl (C=O) groups is 1. The third kappa shape index (κ3) is 2.06. The van der Waals surface area contributed by atoms with Crippen molar-refractivity contribution in [3.8, 4) is 11.5 Å². The second kappa shape index (κ2) is 4.40. The highest BCUT2D eigenvalue weighted by Crippen LogP contribution is 2.39. The first kappa shape index (κ1) is 11.7. The molecule has 0 aliphatic carbocycles. The first-order valence-electron chi connectivity index (χ1n) is 5.53. The second-order valence-corrected chi connectivity index (χ2v) is 4.44. The molecule has 5 heteroatoms. The Morgan fingerprint density at radius 3 is 2.89 bits per heavy atom. The van der Waals surface area contributed by atoms with Gasteiger partial charge in [0.25, 0.3) is 0 Å². The molecule has 0 saturated heterocycles. The van der Waals surface area contributed by atoms with Gasteiger partial charge >= 0.3 is 5.97 Å². The monoisotopic (exact) mass is 273 g/mol. The minimum atomic E-state index is -1.05. The molecule has 1 N–H and O–H groups in total. The summed E-state index contributed by atoms with van der Waals surface area (Å²) < 4.78 is 5.69. The molecule has 0 atom stereocenters. The van der Waals surface area contributed by atoms with E-state index in [0.717, 1.165) is 0 Å². The fourth-order valence-electron chi connectivity index (χ4n) is 1.86. The highest BCUT2D eigenvalue weighted by atomic mass is 35.5. The van der Waals surface area contributed by atoms with E-state index in [-0.39, 0.29) is 11.3 Å². The lowest BCUT2D eigenvalue weighted by atomic mass is 10.1. The van der Waals surface area contributed by atoms with Gasteiger partial charge in [0.15, 0.2) is 5.75 Å². The largest absolute Gasteiger partial charge is 0.478 e. The Morgan fingerprint density at radius 2 is 2.11 bits per heavy atom. The SMILES string of the molecule is O=C(O)c1cccc2c1Oc1ccc(Cl)cc1C=N2. The molecule has 0 radical (unpaired) electrons. The number of ether oxygens (including phenoxy) is 1. The number of nitrogens with zero attached hydrogens (tertiary/aromatic N) is 1. The van der Waals surface area contributed by atoms with Crippen LogP contribution in [-0.2, 0) is 0 Å². The van der Waals surface area contributed by atoms with Crippen molar-refractivity contribution >= 4 is 29.5 Å². The third-order valence-electron chi connectivity index (χ3n) is 2.75. The van der Waals surface area contributed by atoms with E-state index < -0.39 is 5.97 Å². The van der Waals surface area contributed by atoms with Gasteiger partial charge in [-0.1, -0.05) is 17.7 Å². The number of para-hydroxylation sites is 1. The smallest absolute Gasteiger partial charge is 0.339 e. The maximum Gasteiger partial charge on any atom is 0.339 e. The van der Waals surface area contributed by atoms with E-state index in [2.05, 4.69) is 4.99 Å². The number of aromatic carboxylic acids is 1. The topological polar surface area (TPSA) is 58.9 Å². The molecule has 0 aromatic heterocycles. The van der Waals surface area contributed by atoms with Crippen LogP contribution in [-0.4, -0.2) is 17.3 Å². The minimum absolute atomic E-state index is 0.0810. The lowest BCUT2D eigenvalue weighted by Gasteiger charge is -2.10. The van der Waals surface area contributed by atoms with Crippen LogP contribution in [0.1, 0.15) is 15.9 Å². The molecule has 0 spiro atoms. The van der Waals surface area contributed by atoms with E-state index in [1.54, 1.807) is 36.5 Å². The quantitative estimate of drug-likeness (QED) is 0.731. The van der Waals surface area contributed by atoms with Gasteiger partial charge in [0.2, 0.25) is 0 Å². The third-order valence-corrected chi connectivity index (χ3v) is 2.99. The van der Waals surface area contributed by atoms with Crippen LogP contribution in [0.4, 0.5) is 5.69 Å². The second-order valence-electron chi connectivity index (χ2n) is 4.00. The summed E-state index contributed by atoms with van der Waals surface area (Å²) in [6.45, 7) is 0. The summed E-state index contributed by atoms with van der Waals surface area (Å²) in [5.74, 6) is -0.280. The molecule has 0 unspecified atom stereocenters. The summed E-state index contributed by atoms with van der Waals surface area (Å²) in [6.07, 6.45) is 1.61. The van der Waals surface area contributed by atoms with Crippen molar-refractivity contribution in [2.45, 2.75) is 0 Å². The van der Waals surface area contributed by atoms with Gasteiger partial charge in [-0.15, -0.1) is 0 Å². The fourth-order valence-corrected chi connectivity index (χ4v) is 2.04.